The maximum absolute atomic E-state index is 13.1. The molecule has 0 spiro atoms. The largest absolute Gasteiger partial charge is 0.347 e. The van der Waals surface area contributed by atoms with Crippen LogP contribution < -0.4 is 5.32 Å². The fourth-order valence-corrected chi connectivity index (χ4v) is 2.52. The summed E-state index contributed by atoms with van der Waals surface area (Å²) in [6, 6.07) is 3.86. The molecule has 1 atom stereocenters. The number of halogens is 1. The first-order valence-electron chi connectivity index (χ1n) is 6.72. The monoisotopic (exact) mass is 290 g/mol. The lowest BCUT2D eigenvalue weighted by atomic mass is 10.2. The highest BCUT2D eigenvalue weighted by Crippen LogP contribution is 2.17. The van der Waals surface area contributed by atoms with Crippen LogP contribution in [0.4, 0.5) is 4.39 Å². The molecule has 1 unspecified atom stereocenters. The molecule has 1 aliphatic rings. The number of imidazole rings is 1. The number of carbonyl (C=O) groups is 2. The lowest BCUT2D eigenvalue weighted by Crippen LogP contribution is -2.42. The van der Waals surface area contributed by atoms with Gasteiger partial charge in [-0.2, -0.15) is 0 Å². The predicted molar refractivity (Wildman–Crippen MR) is 73.7 cm³/mol. The Hall–Kier alpha value is -2.44. The molecular weight excluding hydrogens is 275 g/mol. The fraction of sp³-hybridized carbons (Fsp3) is 0.357. The van der Waals surface area contributed by atoms with Crippen LogP contribution in [0, 0.1) is 5.82 Å². The third kappa shape index (κ3) is 2.58. The van der Waals surface area contributed by atoms with Gasteiger partial charge in [-0.3, -0.25) is 9.59 Å². The molecule has 2 N–H and O–H groups in total. The molecule has 1 aliphatic heterocycles. The molecule has 0 saturated carbocycles. The first-order valence-corrected chi connectivity index (χ1v) is 6.72. The zero-order valence-electron chi connectivity index (χ0n) is 11.5. The van der Waals surface area contributed by atoms with Crippen molar-refractivity contribution < 1.29 is 14.0 Å². The molecule has 1 fully saturated rings. The first-order chi connectivity index (χ1) is 10.0. The number of hydrogen-bond donors (Lipinski definition) is 2. The number of nitrogens with one attached hydrogen (secondary N) is 2. The molecule has 3 rings (SSSR count). The van der Waals surface area contributed by atoms with Gasteiger partial charge in [-0.15, -0.1) is 0 Å². The third-order valence-electron chi connectivity index (χ3n) is 3.72. The lowest BCUT2D eigenvalue weighted by molar-refractivity contribution is -0.133. The van der Waals surface area contributed by atoms with Crippen molar-refractivity contribution in [3.05, 3.63) is 29.8 Å². The van der Waals surface area contributed by atoms with Gasteiger partial charge in [0.25, 0.3) is 0 Å². The van der Waals surface area contributed by atoms with Crippen LogP contribution in [0.1, 0.15) is 18.7 Å². The zero-order valence-corrected chi connectivity index (χ0v) is 11.5. The molecule has 2 heterocycles. The van der Waals surface area contributed by atoms with E-state index in [1.165, 1.54) is 17.0 Å². The highest BCUT2D eigenvalue weighted by Gasteiger charge is 2.32. The number of hydrogen-bond acceptors (Lipinski definition) is 3. The number of H-pyrrole nitrogens is 1. The number of carbonyl (C=O) groups excluding carboxylic acids is 2. The third-order valence-corrected chi connectivity index (χ3v) is 3.72. The second kappa shape index (κ2) is 5.16. The molecule has 1 aromatic carbocycles. The summed E-state index contributed by atoms with van der Waals surface area (Å²) >= 11 is 0. The normalized spacial score (nSPS) is 18.5. The average molecular weight is 290 g/mol. The number of benzene rings is 1. The Morgan fingerprint density at radius 2 is 2.38 bits per heavy atom. The van der Waals surface area contributed by atoms with E-state index < -0.39 is 6.04 Å². The van der Waals surface area contributed by atoms with Gasteiger partial charge < -0.3 is 15.2 Å². The Balaban J connectivity index is 1.66. The van der Waals surface area contributed by atoms with Crippen molar-refractivity contribution in [2.45, 2.75) is 25.4 Å². The van der Waals surface area contributed by atoms with Gasteiger partial charge in [0.1, 0.15) is 17.7 Å². The minimum atomic E-state index is -0.417. The Kier molecular flexibility index (Phi) is 3.32. The zero-order chi connectivity index (χ0) is 15.0. The van der Waals surface area contributed by atoms with E-state index in [1.807, 2.05) is 0 Å². The van der Waals surface area contributed by atoms with Crippen molar-refractivity contribution in [2.75, 3.05) is 7.05 Å². The van der Waals surface area contributed by atoms with E-state index in [2.05, 4.69) is 15.3 Å². The van der Waals surface area contributed by atoms with Gasteiger partial charge in [-0.1, -0.05) is 0 Å². The molecule has 110 valence electrons. The second-order valence-corrected chi connectivity index (χ2v) is 5.12. The van der Waals surface area contributed by atoms with E-state index >= 15 is 0 Å². The van der Waals surface area contributed by atoms with E-state index in [1.54, 1.807) is 13.1 Å². The summed E-state index contributed by atoms with van der Waals surface area (Å²) in [5.41, 5.74) is 1.24. The number of nitrogens with zero attached hydrogens (tertiary/aromatic N) is 2. The average Bonchev–Trinajstić information content (AvgIpc) is 3.00. The molecule has 0 radical (unpaired) electrons. The smallest absolute Gasteiger partial charge is 0.243 e. The van der Waals surface area contributed by atoms with Gasteiger partial charge >= 0.3 is 0 Å². The molecule has 6 nitrogen and oxygen atoms in total. The van der Waals surface area contributed by atoms with Crippen molar-refractivity contribution in [3.63, 3.8) is 0 Å². The molecule has 21 heavy (non-hydrogen) atoms. The minimum Gasteiger partial charge on any atom is -0.347 e. The number of likely N-dealkylation sites (N-methyl/N-ethyl adjacent to an activating group) is 1. The van der Waals surface area contributed by atoms with Crippen LogP contribution in [0.25, 0.3) is 11.0 Å². The molecule has 2 aromatic rings. The van der Waals surface area contributed by atoms with Gasteiger partial charge in [0, 0.05) is 13.5 Å². The van der Waals surface area contributed by atoms with E-state index in [-0.39, 0.29) is 24.2 Å². The summed E-state index contributed by atoms with van der Waals surface area (Å²) in [4.78, 5) is 32.1. The molecule has 0 bridgehead atoms. The van der Waals surface area contributed by atoms with E-state index in [0.717, 1.165) is 0 Å². The summed E-state index contributed by atoms with van der Waals surface area (Å²) in [7, 11) is 1.63. The summed E-state index contributed by atoms with van der Waals surface area (Å²) in [5, 5.41) is 2.75. The van der Waals surface area contributed by atoms with Crippen molar-refractivity contribution in [3.8, 4) is 0 Å². The minimum absolute atomic E-state index is 0.0191. The van der Waals surface area contributed by atoms with Gasteiger partial charge in [0.05, 0.1) is 17.6 Å². The second-order valence-electron chi connectivity index (χ2n) is 5.12. The van der Waals surface area contributed by atoms with E-state index in [0.29, 0.717) is 29.7 Å². The van der Waals surface area contributed by atoms with Gasteiger partial charge in [0.15, 0.2) is 0 Å². The standard InChI is InChI=1S/C14H15FN4O2/c1-19-11(4-5-13(19)20)14(21)16-7-12-17-9-3-2-8(15)6-10(9)18-12/h2-3,6,11H,4-5,7H2,1H3,(H,16,21)(H,17,18). The summed E-state index contributed by atoms with van der Waals surface area (Å²) in [6.07, 6.45) is 0.936. The number of rotatable bonds is 3. The fourth-order valence-electron chi connectivity index (χ4n) is 2.52. The van der Waals surface area contributed by atoms with Crippen LogP contribution in [-0.2, 0) is 16.1 Å². The van der Waals surface area contributed by atoms with Crippen LogP contribution in [0.5, 0.6) is 0 Å². The molecule has 7 heteroatoms. The SMILES string of the molecule is CN1C(=O)CCC1C(=O)NCc1nc2ccc(F)cc2[nH]1. The molecular formula is C14H15FN4O2. The summed E-state index contributed by atoms with van der Waals surface area (Å²) in [5.74, 6) is -0.00639. The Bertz CT molecular complexity index is 712. The topological polar surface area (TPSA) is 78.1 Å². The Morgan fingerprint density at radius 1 is 1.57 bits per heavy atom. The molecule has 0 aliphatic carbocycles. The van der Waals surface area contributed by atoms with E-state index in [4.69, 9.17) is 0 Å². The van der Waals surface area contributed by atoms with Gasteiger partial charge in [-0.05, 0) is 24.6 Å². The van der Waals surface area contributed by atoms with Crippen LogP contribution in [0.15, 0.2) is 18.2 Å². The summed E-state index contributed by atoms with van der Waals surface area (Å²) in [6.45, 7) is 0.216. The number of aromatic amines is 1. The van der Waals surface area contributed by atoms with Crippen LogP contribution in [-0.4, -0.2) is 39.8 Å². The number of aromatic nitrogens is 2. The molecule has 2 amide bonds. The maximum atomic E-state index is 13.1. The maximum Gasteiger partial charge on any atom is 0.243 e. The molecule has 1 saturated heterocycles. The Morgan fingerprint density at radius 3 is 3.10 bits per heavy atom. The number of likely N-dealkylation sites (tertiary alicyclic amines) is 1. The number of fused-ring (bicyclic) bond motifs is 1. The first kappa shape index (κ1) is 13.5. The quantitative estimate of drug-likeness (QED) is 0.883. The van der Waals surface area contributed by atoms with Crippen molar-refractivity contribution >= 4 is 22.8 Å². The van der Waals surface area contributed by atoms with Crippen molar-refractivity contribution in [1.29, 1.82) is 0 Å². The van der Waals surface area contributed by atoms with Gasteiger partial charge in [0.2, 0.25) is 11.8 Å². The van der Waals surface area contributed by atoms with Gasteiger partial charge in [-0.25, -0.2) is 9.37 Å². The van der Waals surface area contributed by atoms with Crippen molar-refractivity contribution in [1.82, 2.24) is 20.2 Å². The predicted octanol–water partition coefficient (Wildman–Crippen LogP) is 0.939. The van der Waals surface area contributed by atoms with Crippen LogP contribution >= 0.6 is 0 Å². The highest BCUT2D eigenvalue weighted by molar-refractivity contribution is 5.90. The lowest BCUT2D eigenvalue weighted by Gasteiger charge is -2.18. The van der Waals surface area contributed by atoms with Crippen LogP contribution in [0.2, 0.25) is 0 Å². The molecule has 1 aromatic heterocycles. The van der Waals surface area contributed by atoms with E-state index in [9.17, 15) is 14.0 Å². The van der Waals surface area contributed by atoms with Crippen LogP contribution in [0.3, 0.4) is 0 Å². The van der Waals surface area contributed by atoms with Crippen molar-refractivity contribution in [2.24, 2.45) is 0 Å². The number of amides is 2. The summed E-state index contributed by atoms with van der Waals surface area (Å²) < 4.78 is 13.1. The highest BCUT2D eigenvalue weighted by atomic mass is 19.1. The Labute approximate surface area is 120 Å².